The van der Waals surface area contributed by atoms with Gasteiger partial charge in [-0.1, -0.05) is 12.8 Å². The lowest BCUT2D eigenvalue weighted by Gasteiger charge is -2.28. The second-order valence-electron chi connectivity index (χ2n) is 4.16. The zero-order chi connectivity index (χ0) is 11.7. The van der Waals surface area contributed by atoms with Gasteiger partial charge in [-0.25, -0.2) is 8.78 Å². The Hall–Kier alpha value is -0.150. The fraction of sp³-hybridized carbons (Fsp3) is 0.500. The van der Waals surface area contributed by atoms with Crippen LogP contribution >= 0.6 is 27.5 Å². The number of benzene rings is 1. The Kier molecular flexibility index (Phi) is 3.85. The summed E-state index contributed by atoms with van der Waals surface area (Å²) in [5.74, 6) is -1.19. The van der Waals surface area contributed by atoms with E-state index >= 15 is 0 Å². The molecule has 1 aliphatic rings. The van der Waals surface area contributed by atoms with Crippen LogP contribution in [-0.2, 0) is 0 Å². The molecule has 1 aromatic rings. The van der Waals surface area contributed by atoms with Crippen LogP contribution in [0.3, 0.4) is 0 Å². The highest BCUT2D eigenvalue weighted by Crippen LogP contribution is 2.39. The van der Waals surface area contributed by atoms with Crippen molar-refractivity contribution in [1.29, 1.82) is 0 Å². The van der Waals surface area contributed by atoms with E-state index < -0.39 is 11.6 Å². The molecule has 0 amide bonds. The molecule has 2 rings (SSSR count). The normalized spacial score (nSPS) is 25.8. The summed E-state index contributed by atoms with van der Waals surface area (Å²) in [7, 11) is 0. The van der Waals surface area contributed by atoms with Gasteiger partial charge < -0.3 is 0 Å². The highest BCUT2D eigenvalue weighted by Gasteiger charge is 2.30. The van der Waals surface area contributed by atoms with Crippen molar-refractivity contribution in [2.24, 2.45) is 0 Å². The second-order valence-corrected chi connectivity index (χ2v) is 5.58. The van der Waals surface area contributed by atoms with Gasteiger partial charge in [0.2, 0.25) is 0 Å². The number of alkyl halides is 1. The van der Waals surface area contributed by atoms with Gasteiger partial charge >= 0.3 is 0 Å². The van der Waals surface area contributed by atoms with Crippen molar-refractivity contribution in [2.75, 3.05) is 0 Å². The van der Waals surface area contributed by atoms with E-state index in [-0.39, 0.29) is 16.9 Å². The van der Waals surface area contributed by atoms with Gasteiger partial charge in [-0.05, 0) is 40.9 Å². The Labute approximate surface area is 107 Å². The third-order valence-electron chi connectivity index (χ3n) is 3.13. The van der Waals surface area contributed by atoms with E-state index in [0.717, 1.165) is 25.7 Å². The van der Waals surface area contributed by atoms with Crippen LogP contribution in [0.4, 0.5) is 8.78 Å². The van der Waals surface area contributed by atoms with Gasteiger partial charge in [0.15, 0.2) is 0 Å². The first kappa shape index (κ1) is 12.3. The van der Waals surface area contributed by atoms with Crippen molar-refractivity contribution in [3.8, 4) is 0 Å². The van der Waals surface area contributed by atoms with Crippen LogP contribution in [0.5, 0.6) is 0 Å². The lowest BCUT2D eigenvalue weighted by Crippen LogP contribution is -2.20. The van der Waals surface area contributed by atoms with Gasteiger partial charge in [-0.3, -0.25) is 0 Å². The van der Waals surface area contributed by atoms with Crippen LogP contribution in [0.15, 0.2) is 16.6 Å². The third kappa shape index (κ3) is 2.25. The maximum absolute atomic E-state index is 13.9. The molecule has 1 aromatic carbocycles. The van der Waals surface area contributed by atoms with Crippen LogP contribution < -0.4 is 0 Å². The van der Waals surface area contributed by atoms with Gasteiger partial charge in [-0.2, -0.15) is 0 Å². The van der Waals surface area contributed by atoms with Gasteiger partial charge in [0.05, 0.1) is 4.47 Å². The fourth-order valence-corrected chi connectivity index (χ4v) is 3.05. The molecule has 1 saturated carbocycles. The van der Waals surface area contributed by atoms with E-state index in [4.69, 9.17) is 11.6 Å². The summed E-state index contributed by atoms with van der Waals surface area (Å²) in [4.78, 5) is 0. The summed E-state index contributed by atoms with van der Waals surface area (Å²) in [5, 5.41) is -0.160. The highest BCUT2D eigenvalue weighted by atomic mass is 79.9. The number of halogens is 4. The van der Waals surface area contributed by atoms with Gasteiger partial charge in [-0.15, -0.1) is 11.6 Å². The van der Waals surface area contributed by atoms with E-state index in [1.54, 1.807) is 0 Å². The van der Waals surface area contributed by atoms with Crippen molar-refractivity contribution < 1.29 is 8.78 Å². The molecule has 0 N–H and O–H groups in total. The van der Waals surface area contributed by atoms with Crippen LogP contribution in [0.2, 0.25) is 0 Å². The molecule has 88 valence electrons. The summed E-state index contributed by atoms with van der Waals surface area (Å²) >= 11 is 9.25. The van der Waals surface area contributed by atoms with E-state index in [9.17, 15) is 8.78 Å². The topological polar surface area (TPSA) is 0 Å². The van der Waals surface area contributed by atoms with Crippen molar-refractivity contribution in [3.63, 3.8) is 0 Å². The Morgan fingerprint density at radius 1 is 1.19 bits per heavy atom. The molecule has 0 bridgehead atoms. The average molecular weight is 310 g/mol. The fourth-order valence-electron chi connectivity index (χ4n) is 2.29. The molecule has 0 radical (unpaired) electrons. The van der Waals surface area contributed by atoms with E-state index in [2.05, 4.69) is 15.9 Å². The molecule has 0 spiro atoms. The first-order valence-electron chi connectivity index (χ1n) is 5.38. The minimum Gasteiger partial charge on any atom is -0.207 e. The Morgan fingerprint density at radius 2 is 1.88 bits per heavy atom. The summed E-state index contributed by atoms with van der Waals surface area (Å²) in [6.07, 6.45) is 3.62. The number of rotatable bonds is 1. The third-order valence-corrected chi connectivity index (χ3v) is 4.27. The summed E-state index contributed by atoms with van der Waals surface area (Å²) in [6, 6.07) is 2.68. The molecule has 4 heteroatoms. The Morgan fingerprint density at radius 3 is 2.56 bits per heavy atom. The molecule has 0 aliphatic heterocycles. The average Bonchev–Trinajstić information content (AvgIpc) is 2.27. The van der Waals surface area contributed by atoms with Crippen LogP contribution in [-0.4, -0.2) is 5.38 Å². The van der Waals surface area contributed by atoms with E-state index in [1.807, 2.05) is 0 Å². The molecule has 2 atom stereocenters. The molecule has 0 aromatic heterocycles. The van der Waals surface area contributed by atoms with Crippen LogP contribution in [0.25, 0.3) is 0 Å². The predicted molar refractivity (Wildman–Crippen MR) is 64.9 cm³/mol. The highest BCUT2D eigenvalue weighted by molar-refractivity contribution is 9.10. The quantitative estimate of drug-likeness (QED) is 0.506. The second kappa shape index (κ2) is 5.01. The number of hydrogen-bond acceptors (Lipinski definition) is 0. The molecule has 2 unspecified atom stereocenters. The van der Waals surface area contributed by atoms with E-state index in [1.165, 1.54) is 12.1 Å². The lowest BCUT2D eigenvalue weighted by atomic mass is 9.83. The first-order chi connectivity index (χ1) is 7.61. The summed E-state index contributed by atoms with van der Waals surface area (Å²) < 4.78 is 27.8. The zero-order valence-electron chi connectivity index (χ0n) is 8.65. The van der Waals surface area contributed by atoms with Gasteiger partial charge in [0.25, 0.3) is 0 Å². The largest absolute Gasteiger partial charge is 0.207 e. The first-order valence-corrected chi connectivity index (χ1v) is 6.61. The Balaban J connectivity index is 2.42. The standard InChI is InChI=1S/C12H12BrClF2/c13-8-5-6-10(15)11(12(8)16)7-3-1-2-4-9(7)14/h5-7,9H,1-4H2. The van der Waals surface area contributed by atoms with Crippen LogP contribution in [0, 0.1) is 11.6 Å². The minimum absolute atomic E-state index is 0.147. The summed E-state index contributed by atoms with van der Waals surface area (Å²) in [5.41, 5.74) is 0.147. The molecule has 0 heterocycles. The minimum atomic E-state index is -0.502. The SMILES string of the molecule is Fc1ccc(Br)c(F)c1C1CCCCC1Cl. The molecule has 0 saturated heterocycles. The maximum Gasteiger partial charge on any atom is 0.143 e. The molecule has 16 heavy (non-hydrogen) atoms. The molecule has 1 aliphatic carbocycles. The molecule has 1 fully saturated rings. The zero-order valence-corrected chi connectivity index (χ0v) is 11.0. The van der Waals surface area contributed by atoms with Crippen molar-refractivity contribution >= 4 is 27.5 Å². The molecular formula is C12H12BrClF2. The molecule has 0 nitrogen and oxygen atoms in total. The maximum atomic E-state index is 13.9. The van der Waals surface area contributed by atoms with E-state index in [0.29, 0.717) is 4.47 Å². The smallest absolute Gasteiger partial charge is 0.143 e. The lowest BCUT2D eigenvalue weighted by molar-refractivity contribution is 0.418. The van der Waals surface area contributed by atoms with Crippen molar-refractivity contribution in [2.45, 2.75) is 37.0 Å². The Bertz CT molecular complexity index is 395. The predicted octanol–water partition coefficient (Wildman–Crippen LogP) is 4.99. The monoisotopic (exact) mass is 308 g/mol. The van der Waals surface area contributed by atoms with Gasteiger partial charge in [0.1, 0.15) is 11.6 Å². The van der Waals surface area contributed by atoms with Crippen molar-refractivity contribution in [3.05, 3.63) is 33.8 Å². The summed E-state index contributed by atoms with van der Waals surface area (Å²) in [6.45, 7) is 0. The van der Waals surface area contributed by atoms with Gasteiger partial charge in [0, 0.05) is 16.9 Å². The molecular weight excluding hydrogens is 297 g/mol. The number of hydrogen-bond donors (Lipinski definition) is 0. The van der Waals surface area contributed by atoms with Crippen molar-refractivity contribution in [1.82, 2.24) is 0 Å². The van der Waals surface area contributed by atoms with Crippen LogP contribution in [0.1, 0.15) is 37.2 Å².